The zero-order chi connectivity index (χ0) is 18.1. The number of hydrogen-bond donors (Lipinski definition) is 1. The van der Waals surface area contributed by atoms with Gasteiger partial charge < -0.3 is 9.73 Å². The molecule has 5 aromatic rings. The Hall–Kier alpha value is -3.67. The first-order chi connectivity index (χ1) is 13.4. The van der Waals surface area contributed by atoms with Crippen molar-refractivity contribution in [1.29, 1.82) is 0 Å². The number of hydrogen-bond acceptors (Lipinski definition) is 5. The first kappa shape index (κ1) is 15.6. The average Bonchev–Trinajstić information content (AvgIpc) is 3.35. The topological polar surface area (TPSA) is 68.2 Å². The molecule has 0 fully saturated rings. The van der Waals surface area contributed by atoms with Gasteiger partial charge in [0.2, 0.25) is 0 Å². The molecule has 1 aromatic carbocycles. The molecule has 4 heterocycles. The van der Waals surface area contributed by atoms with Crippen LogP contribution in [0.15, 0.2) is 77.6 Å². The molecule has 0 unspecified atom stereocenters. The quantitative estimate of drug-likeness (QED) is 0.512. The van der Waals surface area contributed by atoms with Crippen LogP contribution in [0, 0.1) is 0 Å². The number of nitrogens with zero attached hydrogens (tertiary/aromatic N) is 4. The molecule has 0 amide bonds. The van der Waals surface area contributed by atoms with Gasteiger partial charge in [0, 0.05) is 42.6 Å². The highest BCUT2D eigenvalue weighted by molar-refractivity contribution is 5.86. The summed E-state index contributed by atoms with van der Waals surface area (Å²) in [4.78, 5) is 8.79. The zero-order valence-electron chi connectivity index (χ0n) is 14.5. The van der Waals surface area contributed by atoms with Gasteiger partial charge in [-0.05, 0) is 30.3 Å². The van der Waals surface area contributed by atoms with Crippen LogP contribution in [-0.2, 0) is 6.42 Å². The maximum Gasteiger partial charge on any atom is 0.164 e. The van der Waals surface area contributed by atoms with Crippen LogP contribution >= 0.6 is 0 Å². The fourth-order valence-corrected chi connectivity index (χ4v) is 3.16. The highest BCUT2D eigenvalue weighted by Gasteiger charge is 2.13. The molecular formula is C21H17N5O. The highest BCUT2D eigenvalue weighted by Crippen LogP contribution is 2.31. The number of aromatic nitrogens is 4. The van der Waals surface area contributed by atoms with E-state index in [1.54, 1.807) is 10.7 Å². The minimum absolute atomic E-state index is 0.740. The summed E-state index contributed by atoms with van der Waals surface area (Å²) in [5.74, 6) is 1.55. The van der Waals surface area contributed by atoms with Gasteiger partial charge in [-0.2, -0.15) is 0 Å². The number of fused-ring (bicyclic) bond motifs is 2. The van der Waals surface area contributed by atoms with Gasteiger partial charge in [-0.25, -0.2) is 9.50 Å². The fourth-order valence-electron chi connectivity index (χ4n) is 3.16. The molecule has 27 heavy (non-hydrogen) atoms. The van der Waals surface area contributed by atoms with Crippen LogP contribution in [0.25, 0.3) is 27.9 Å². The van der Waals surface area contributed by atoms with E-state index < -0.39 is 0 Å². The lowest BCUT2D eigenvalue weighted by Gasteiger charge is -2.08. The SMILES string of the molecule is c1ccc(CCNc2cc(-c3cc4ccccc4o3)c3nccn3n2)nc1. The normalized spacial score (nSPS) is 11.3. The second-order valence-corrected chi connectivity index (χ2v) is 6.28. The van der Waals surface area contributed by atoms with E-state index in [1.165, 1.54) is 0 Å². The molecule has 0 atom stereocenters. The van der Waals surface area contributed by atoms with Gasteiger partial charge in [0.05, 0.1) is 5.56 Å². The van der Waals surface area contributed by atoms with E-state index in [0.29, 0.717) is 0 Å². The lowest BCUT2D eigenvalue weighted by atomic mass is 10.2. The second kappa shape index (κ2) is 6.57. The van der Waals surface area contributed by atoms with Gasteiger partial charge >= 0.3 is 0 Å². The molecule has 5 rings (SSSR count). The van der Waals surface area contributed by atoms with Crippen molar-refractivity contribution in [1.82, 2.24) is 19.6 Å². The lowest BCUT2D eigenvalue weighted by Crippen LogP contribution is -2.09. The molecule has 6 nitrogen and oxygen atoms in total. The van der Waals surface area contributed by atoms with Crippen LogP contribution in [0.4, 0.5) is 5.82 Å². The van der Waals surface area contributed by atoms with Crippen LogP contribution < -0.4 is 5.32 Å². The van der Waals surface area contributed by atoms with Crippen molar-refractivity contribution in [2.75, 3.05) is 11.9 Å². The Morgan fingerprint density at radius 1 is 0.963 bits per heavy atom. The molecule has 0 aliphatic carbocycles. The predicted octanol–water partition coefficient (Wildman–Crippen LogP) is 4.19. The number of pyridine rings is 1. The number of imidazole rings is 1. The van der Waals surface area contributed by atoms with Gasteiger partial charge in [-0.1, -0.05) is 24.3 Å². The summed E-state index contributed by atoms with van der Waals surface area (Å²) in [5.41, 5.74) is 3.58. The van der Waals surface area contributed by atoms with E-state index in [-0.39, 0.29) is 0 Å². The van der Waals surface area contributed by atoms with E-state index >= 15 is 0 Å². The Morgan fingerprint density at radius 2 is 1.89 bits per heavy atom. The molecule has 132 valence electrons. The standard InChI is InChI=1S/C21H17N5O/c1-2-7-18-15(5-1)13-19(27-18)17-14-20(25-26-12-11-24-21(17)26)23-10-8-16-6-3-4-9-22-16/h1-7,9,11-14H,8,10H2,(H,23,25). The minimum atomic E-state index is 0.740. The van der Waals surface area contributed by atoms with Gasteiger partial charge in [0.1, 0.15) is 17.2 Å². The number of anilines is 1. The molecule has 0 bridgehead atoms. The van der Waals surface area contributed by atoms with E-state index in [4.69, 9.17) is 4.42 Å². The van der Waals surface area contributed by atoms with Gasteiger partial charge in [0.15, 0.2) is 5.65 Å². The molecule has 0 spiro atoms. The van der Waals surface area contributed by atoms with Gasteiger partial charge in [-0.3, -0.25) is 4.98 Å². The van der Waals surface area contributed by atoms with Crippen molar-refractivity contribution >= 4 is 22.4 Å². The third-order valence-corrected chi connectivity index (χ3v) is 4.46. The lowest BCUT2D eigenvalue weighted by molar-refractivity contribution is 0.631. The van der Waals surface area contributed by atoms with Crippen LogP contribution in [0.1, 0.15) is 5.69 Å². The molecule has 0 aliphatic heterocycles. The molecule has 0 aliphatic rings. The number of rotatable bonds is 5. The molecule has 1 N–H and O–H groups in total. The van der Waals surface area contributed by atoms with E-state index in [9.17, 15) is 0 Å². The van der Waals surface area contributed by atoms with E-state index in [0.717, 1.165) is 52.4 Å². The number of para-hydroxylation sites is 1. The number of benzene rings is 1. The monoisotopic (exact) mass is 355 g/mol. The first-order valence-corrected chi connectivity index (χ1v) is 8.84. The Labute approximate surface area is 155 Å². The summed E-state index contributed by atoms with van der Waals surface area (Å²) in [7, 11) is 0. The summed E-state index contributed by atoms with van der Waals surface area (Å²) < 4.78 is 7.81. The third kappa shape index (κ3) is 3.01. The van der Waals surface area contributed by atoms with Crippen molar-refractivity contribution < 1.29 is 4.42 Å². The Balaban J connectivity index is 1.47. The Bertz CT molecular complexity index is 1180. The van der Waals surface area contributed by atoms with Crippen molar-refractivity contribution in [2.24, 2.45) is 0 Å². The van der Waals surface area contributed by atoms with Crippen LogP contribution in [0.3, 0.4) is 0 Å². The van der Waals surface area contributed by atoms with Crippen molar-refractivity contribution in [3.63, 3.8) is 0 Å². The van der Waals surface area contributed by atoms with Crippen molar-refractivity contribution in [3.05, 3.63) is 78.9 Å². The molecule has 0 saturated carbocycles. The summed E-state index contributed by atoms with van der Waals surface area (Å²) in [6.45, 7) is 0.740. The molecule has 0 saturated heterocycles. The summed E-state index contributed by atoms with van der Waals surface area (Å²) in [5, 5.41) is 9.03. The maximum absolute atomic E-state index is 6.04. The van der Waals surface area contributed by atoms with E-state index in [2.05, 4.69) is 20.4 Å². The second-order valence-electron chi connectivity index (χ2n) is 6.28. The van der Waals surface area contributed by atoms with Crippen molar-refractivity contribution in [2.45, 2.75) is 6.42 Å². The van der Waals surface area contributed by atoms with Crippen LogP contribution in [-0.4, -0.2) is 26.1 Å². The van der Waals surface area contributed by atoms with E-state index in [1.807, 2.05) is 67.0 Å². The third-order valence-electron chi connectivity index (χ3n) is 4.46. The van der Waals surface area contributed by atoms with Gasteiger partial charge in [-0.15, -0.1) is 5.10 Å². The zero-order valence-corrected chi connectivity index (χ0v) is 14.5. The molecule has 6 heteroatoms. The average molecular weight is 355 g/mol. The Morgan fingerprint density at radius 3 is 2.78 bits per heavy atom. The van der Waals surface area contributed by atoms with Crippen LogP contribution in [0.2, 0.25) is 0 Å². The fraction of sp³-hybridized carbons (Fsp3) is 0.0952. The number of nitrogens with one attached hydrogen (secondary N) is 1. The van der Waals surface area contributed by atoms with Gasteiger partial charge in [0.25, 0.3) is 0 Å². The minimum Gasteiger partial charge on any atom is -0.456 e. The van der Waals surface area contributed by atoms with Crippen LogP contribution in [0.5, 0.6) is 0 Å². The summed E-state index contributed by atoms with van der Waals surface area (Å²) >= 11 is 0. The largest absolute Gasteiger partial charge is 0.456 e. The molecular weight excluding hydrogens is 338 g/mol. The first-order valence-electron chi connectivity index (χ1n) is 8.84. The molecule has 0 radical (unpaired) electrons. The molecule has 4 aromatic heterocycles. The smallest absolute Gasteiger partial charge is 0.164 e. The highest BCUT2D eigenvalue weighted by atomic mass is 16.3. The summed E-state index contributed by atoms with van der Waals surface area (Å²) in [6, 6.07) is 17.9. The Kier molecular flexibility index (Phi) is 3.79. The predicted molar refractivity (Wildman–Crippen MR) is 105 cm³/mol. The van der Waals surface area contributed by atoms with Crippen molar-refractivity contribution in [3.8, 4) is 11.3 Å². The maximum atomic E-state index is 6.04. The summed E-state index contributed by atoms with van der Waals surface area (Å²) in [6.07, 6.45) is 6.22. The number of furan rings is 1.